The van der Waals surface area contributed by atoms with E-state index in [0.29, 0.717) is 6.54 Å². The Bertz CT molecular complexity index is 768. The van der Waals surface area contributed by atoms with Gasteiger partial charge in [-0.25, -0.2) is 8.42 Å². The molecule has 2 aromatic rings. The van der Waals surface area contributed by atoms with Gasteiger partial charge in [-0.2, -0.15) is 0 Å². The van der Waals surface area contributed by atoms with Gasteiger partial charge in [-0.3, -0.25) is 4.79 Å². The summed E-state index contributed by atoms with van der Waals surface area (Å²) in [4.78, 5) is 12.1. The van der Waals surface area contributed by atoms with Crippen molar-refractivity contribution >= 4 is 31.7 Å². The number of carbonyl (C=O) groups is 1. The number of benzene rings is 2. The van der Waals surface area contributed by atoms with Gasteiger partial charge >= 0.3 is 0 Å². The zero-order chi connectivity index (χ0) is 16.9. The molecule has 0 heterocycles. The smallest absolute Gasteiger partial charge is 0.221 e. The minimum absolute atomic E-state index is 0.0489. The lowest BCUT2D eigenvalue weighted by Crippen LogP contribution is -2.25. The minimum atomic E-state index is -3.43. The highest BCUT2D eigenvalue weighted by molar-refractivity contribution is 9.10. The van der Waals surface area contributed by atoms with E-state index in [1.807, 2.05) is 31.2 Å². The van der Waals surface area contributed by atoms with Gasteiger partial charge in [0.05, 0.1) is 10.6 Å². The van der Waals surface area contributed by atoms with Crippen LogP contribution >= 0.6 is 15.9 Å². The molecule has 23 heavy (non-hydrogen) atoms. The fraction of sp³-hybridized carbons (Fsp3) is 0.235. The van der Waals surface area contributed by atoms with Crippen molar-refractivity contribution in [1.29, 1.82) is 0 Å². The van der Waals surface area contributed by atoms with Gasteiger partial charge in [-0.1, -0.05) is 45.8 Å². The number of hydrogen-bond donors (Lipinski definition) is 1. The normalized spacial score (nSPS) is 11.2. The Balaban J connectivity index is 1.86. The summed E-state index contributed by atoms with van der Waals surface area (Å²) in [6.07, 6.45) is -0.0489. The van der Waals surface area contributed by atoms with Crippen molar-refractivity contribution in [2.24, 2.45) is 0 Å². The lowest BCUT2D eigenvalue weighted by molar-refractivity contribution is -0.120. The van der Waals surface area contributed by atoms with Crippen molar-refractivity contribution in [1.82, 2.24) is 5.32 Å². The summed E-state index contributed by atoms with van der Waals surface area (Å²) in [6, 6.07) is 14.2. The van der Waals surface area contributed by atoms with E-state index < -0.39 is 9.84 Å². The van der Waals surface area contributed by atoms with E-state index in [2.05, 4.69) is 21.2 Å². The first-order chi connectivity index (χ1) is 10.9. The molecule has 0 radical (unpaired) electrons. The molecule has 0 aliphatic heterocycles. The van der Waals surface area contributed by atoms with Crippen molar-refractivity contribution in [2.75, 3.05) is 5.75 Å². The molecule has 1 N–H and O–H groups in total. The topological polar surface area (TPSA) is 63.2 Å². The number of rotatable bonds is 6. The average molecular weight is 396 g/mol. The van der Waals surface area contributed by atoms with Gasteiger partial charge in [0.15, 0.2) is 9.84 Å². The van der Waals surface area contributed by atoms with Crippen LogP contribution in [0.15, 0.2) is 57.9 Å². The molecule has 6 heteroatoms. The van der Waals surface area contributed by atoms with Crippen LogP contribution in [0.3, 0.4) is 0 Å². The molecular formula is C17H18BrNO3S. The van der Waals surface area contributed by atoms with Gasteiger partial charge in [-0.15, -0.1) is 0 Å². The first-order valence-corrected chi connectivity index (χ1v) is 9.62. The summed E-state index contributed by atoms with van der Waals surface area (Å²) in [5, 5.41) is 2.73. The maximum atomic E-state index is 12.2. The third kappa shape index (κ3) is 5.48. The third-order valence-corrected chi connectivity index (χ3v) is 5.64. The summed E-state index contributed by atoms with van der Waals surface area (Å²) in [5.41, 5.74) is 1.96. The van der Waals surface area contributed by atoms with Crippen molar-refractivity contribution in [3.05, 3.63) is 64.1 Å². The van der Waals surface area contributed by atoms with Crippen LogP contribution in [0.2, 0.25) is 0 Å². The molecule has 0 spiro atoms. The zero-order valence-electron chi connectivity index (χ0n) is 12.8. The standard InChI is InChI=1S/C17H18BrNO3S/c1-13-2-8-16(9-3-13)23(21,22)11-10-17(20)19-12-14-4-6-15(18)7-5-14/h2-9H,10-12H2,1H3,(H,19,20). The number of hydrogen-bond acceptors (Lipinski definition) is 3. The highest BCUT2D eigenvalue weighted by Gasteiger charge is 2.16. The molecule has 122 valence electrons. The Morgan fingerprint density at radius 1 is 1.04 bits per heavy atom. The Kier molecular flexibility index (Phi) is 5.96. The molecule has 0 bridgehead atoms. The zero-order valence-corrected chi connectivity index (χ0v) is 15.2. The molecule has 1 amide bonds. The fourth-order valence-corrected chi connectivity index (χ4v) is 3.49. The van der Waals surface area contributed by atoms with Gasteiger partial charge in [0.25, 0.3) is 0 Å². The maximum absolute atomic E-state index is 12.2. The van der Waals surface area contributed by atoms with Gasteiger partial charge in [0.2, 0.25) is 5.91 Å². The molecule has 0 fully saturated rings. The highest BCUT2D eigenvalue weighted by atomic mass is 79.9. The number of aryl methyl sites for hydroxylation is 1. The van der Waals surface area contributed by atoms with Crippen molar-refractivity contribution in [2.45, 2.75) is 24.8 Å². The van der Waals surface area contributed by atoms with Crippen LogP contribution in [0.5, 0.6) is 0 Å². The van der Waals surface area contributed by atoms with Crippen LogP contribution in [-0.4, -0.2) is 20.1 Å². The second-order valence-corrected chi connectivity index (χ2v) is 8.31. The molecule has 0 saturated carbocycles. The van der Waals surface area contributed by atoms with Crippen LogP contribution < -0.4 is 5.32 Å². The number of amides is 1. The molecular weight excluding hydrogens is 378 g/mol. The molecule has 0 unspecified atom stereocenters. The average Bonchev–Trinajstić information content (AvgIpc) is 2.53. The van der Waals surface area contributed by atoms with E-state index in [1.165, 1.54) is 0 Å². The predicted molar refractivity (Wildman–Crippen MR) is 93.8 cm³/mol. The third-order valence-electron chi connectivity index (χ3n) is 3.38. The highest BCUT2D eigenvalue weighted by Crippen LogP contribution is 2.13. The van der Waals surface area contributed by atoms with E-state index >= 15 is 0 Å². The SMILES string of the molecule is Cc1ccc(S(=O)(=O)CCC(=O)NCc2ccc(Br)cc2)cc1. The number of halogens is 1. The molecule has 2 aromatic carbocycles. The lowest BCUT2D eigenvalue weighted by atomic mass is 10.2. The van der Waals surface area contributed by atoms with Crippen LogP contribution in [0.25, 0.3) is 0 Å². The van der Waals surface area contributed by atoms with Gasteiger partial charge < -0.3 is 5.32 Å². The predicted octanol–water partition coefficient (Wildman–Crippen LogP) is 3.24. The van der Waals surface area contributed by atoms with Crippen molar-refractivity contribution in [3.8, 4) is 0 Å². The Hall–Kier alpha value is -1.66. The fourth-order valence-electron chi connectivity index (χ4n) is 1.98. The van der Waals surface area contributed by atoms with E-state index in [1.54, 1.807) is 24.3 Å². The monoisotopic (exact) mass is 395 g/mol. The van der Waals surface area contributed by atoms with E-state index in [0.717, 1.165) is 15.6 Å². The number of sulfone groups is 1. The first kappa shape index (κ1) is 17.7. The van der Waals surface area contributed by atoms with Crippen LogP contribution in [0.1, 0.15) is 17.5 Å². The Morgan fingerprint density at radius 3 is 2.26 bits per heavy atom. The molecule has 4 nitrogen and oxygen atoms in total. The largest absolute Gasteiger partial charge is 0.352 e. The number of nitrogens with one attached hydrogen (secondary N) is 1. The molecule has 0 atom stereocenters. The summed E-state index contributed by atoms with van der Waals surface area (Å²) in [7, 11) is -3.43. The Labute approximate surface area is 145 Å². The van der Waals surface area contributed by atoms with Crippen LogP contribution in [-0.2, 0) is 21.2 Å². The second-order valence-electron chi connectivity index (χ2n) is 5.29. The Morgan fingerprint density at radius 2 is 1.65 bits per heavy atom. The summed E-state index contributed by atoms with van der Waals surface area (Å²) in [5.74, 6) is -0.467. The molecule has 0 aliphatic rings. The first-order valence-electron chi connectivity index (χ1n) is 7.17. The van der Waals surface area contributed by atoms with E-state index in [9.17, 15) is 13.2 Å². The summed E-state index contributed by atoms with van der Waals surface area (Å²) in [6.45, 7) is 2.28. The molecule has 2 rings (SSSR count). The van der Waals surface area contributed by atoms with Crippen molar-refractivity contribution in [3.63, 3.8) is 0 Å². The maximum Gasteiger partial charge on any atom is 0.221 e. The minimum Gasteiger partial charge on any atom is -0.352 e. The van der Waals surface area contributed by atoms with E-state index in [-0.39, 0.29) is 23.0 Å². The summed E-state index contributed by atoms with van der Waals surface area (Å²) >= 11 is 3.34. The van der Waals surface area contributed by atoms with Crippen LogP contribution in [0.4, 0.5) is 0 Å². The quantitative estimate of drug-likeness (QED) is 0.816. The van der Waals surface area contributed by atoms with Crippen molar-refractivity contribution < 1.29 is 13.2 Å². The summed E-state index contributed by atoms with van der Waals surface area (Å²) < 4.78 is 25.3. The molecule has 0 aliphatic carbocycles. The molecule has 0 aromatic heterocycles. The van der Waals surface area contributed by atoms with E-state index in [4.69, 9.17) is 0 Å². The lowest BCUT2D eigenvalue weighted by Gasteiger charge is -2.07. The van der Waals surface area contributed by atoms with Crippen LogP contribution in [0, 0.1) is 6.92 Å². The van der Waals surface area contributed by atoms with Gasteiger partial charge in [0.1, 0.15) is 0 Å². The molecule has 0 saturated heterocycles. The van der Waals surface area contributed by atoms with Gasteiger partial charge in [0, 0.05) is 17.4 Å². The van der Waals surface area contributed by atoms with Gasteiger partial charge in [-0.05, 0) is 36.8 Å². The number of carbonyl (C=O) groups excluding carboxylic acids is 1. The second kappa shape index (κ2) is 7.75.